The van der Waals surface area contributed by atoms with E-state index in [9.17, 15) is 51.1 Å². The third kappa shape index (κ3) is 3.65. The first-order valence-corrected chi connectivity index (χ1v) is 13.0. The van der Waals surface area contributed by atoms with Crippen LogP contribution in [0.3, 0.4) is 0 Å². The molecule has 0 saturated heterocycles. The summed E-state index contributed by atoms with van der Waals surface area (Å²) in [6.45, 7) is 0. The number of ether oxygens (including phenoxy) is 3. The van der Waals surface area contributed by atoms with Crippen molar-refractivity contribution in [1.29, 1.82) is 0 Å². The molecule has 3 heterocycles. The maximum atomic E-state index is 11.9. The Labute approximate surface area is 241 Å². The zero-order valence-electron chi connectivity index (χ0n) is 21.8. The Morgan fingerprint density at radius 2 is 1.33 bits per heavy atom. The number of hydrogen-bond donors (Lipinski definition) is 10. The molecule has 0 aliphatic carbocycles. The van der Waals surface area contributed by atoms with Crippen molar-refractivity contribution in [3.05, 3.63) is 76.3 Å². The molecule has 4 aromatic carbocycles. The first-order valence-electron chi connectivity index (χ1n) is 13.0. The van der Waals surface area contributed by atoms with Gasteiger partial charge in [0.25, 0.3) is 0 Å². The van der Waals surface area contributed by atoms with Gasteiger partial charge in [0, 0.05) is 46.9 Å². The van der Waals surface area contributed by atoms with E-state index >= 15 is 0 Å². The van der Waals surface area contributed by atoms with Crippen LogP contribution in [0, 0.1) is 0 Å². The summed E-state index contributed by atoms with van der Waals surface area (Å²) in [5, 5.41) is 105. The van der Waals surface area contributed by atoms with E-state index in [2.05, 4.69) is 0 Å². The molecule has 10 N–H and O–H groups in total. The number of aliphatic hydroxyl groups excluding tert-OH is 2. The fourth-order valence-electron chi connectivity index (χ4n) is 6.16. The maximum Gasteiger partial charge on any atom is 0.305 e. The van der Waals surface area contributed by atoms with Gasteiger partial charge in [-0.05, 0) is 29.8 Å². The van der Waals surface area contributed by atoms with Crippen LogP contribution in [-0.4, -0.2) is 63.3 Å². The minimum atomic E-state index is -2.26. The molecule has 0 amide bonds. The fraction of sp³-hybridized carbons (Fsp3) is 0.200. The Balaban J connectivity index is 1.48. The van der Waals surface area contributed by atoms with Crippen LogP contribution >= 0.6 is 0 Å². The highest BCUT2D eigenvalue weighted by molar-refractivity contribution is 5.68. The molecule has 222 valence electrons. The zero-order valence-corrected chi connectivity index (χ0v) is 21.8. The fourth-order valence-corrected chi connectivity index (χ4v) is 6.16. The predicted molar refractivity (Wildman–Crippen MR) is 143 cm³/mol. The van der Waals surface area contributed by atoms with Gasteiger partial charge in [0.1, 0.15) is 46.7 Å². The molecule has 2 bridgehead atoms. The van der Waals surface area contributed by atoms with Crippen LogP contribution in [0.25, 0.3) is 0 Å². The number of rotatable bonds is 2. The summed E-state index contributed by atoms with van der Waals surface area (Å²) in [6.07, 6.45) is -4.22. The number of benzene rings is 4. The normalized spacial score (nSPS) is 24.9. The SMILES string of the molecule is Oc1cc(O)c2c(c1)O[C@@]1(c3cc(O)c(O)c(O)c3)Oc3cc(O)c4c(c3[C@@H]2[C@H]1O)O[C@H](c1ccc(O)c(O)c1)[C@H](O)C4. The molecular formula is C30H24O13. The summed E-state index contributed by atoms with van der Waals surface area (Å²) in [6, 6.07) is 9.25. The van der Waals surface area contributed by atoms with Gasteiger partial charge in [-0.15, -0.1) is 0 Å². The molecule has 0 radical (unpaired) electrons. The van der Waals surface area contributed by atoms with Gasteiger partial charge in [0.05, 0.1) is 12.0 Å². The van der Waals surface area contributed by atoms with Crippen molar-refractivity contribution in [2.75, 3.05) is 0 Å². The summed E-state index contributed by atoms with van der Waals surface area (Å²) in [4.78, 5) is 0. The number of phenolic OH excluding ortho intramolecular Hbond substituents is 8. The lowest BCUT2D eigenvalue weighted by atomic mass is 9.74. The molecule has 43 heavy (non-hydrogen) atoms. The molecule has 0 aromatic heterocycles. The summed E-state index contributed by atoms with van der Waals surface area (Å²) in [7, 11) is 0. The highest BCUT2D eigenvalue weighted by Crippen LogP contribution is 2.62. The molecule has 3 aliphatic heterocycles. The summed E-state index contributed by atoms with van der Waals surface area (Å²) in [5.74, 6) is -8.15. The van der Waals surface area contributed by atoms with Crippen molar-refractivity contribution >= 4 is 0 Å². The van der Waals surface area contributed by atoms with Gasteiger partial charge in [-0.3, -0.25) is 0 Å². The average molecular weight is 593 g/mol. The van der Waals surface area contributed by atoms with Gasteiger partial charge in [0.15, 0.2) is 28.7 Å². The van der Waals surface area contributed by atoms with E-state index in [1.54, 1.807) is 0 Å². The molecule has 0 fully saturated rings. The van der Waals surface area contributed by atoms with Crippen molar-refractivity contribution in [1.82, 2.24) is 0 Å². The average Bonchev–Trinajstić information content (AvgIpc) is 2.93. The number of aliphatic hydroxyl groups is 2. The Hall–Kier alpha value is -5.40. The molecule has 0 spiro atoms. The van der Waals surface area contributed by atoms with Gasteiger partial charge < -0.3 is 65.3 Å². The van der Waals surface area contributed by atoms with Crippen LogP contribution in [0.4, 0.5) is 0 Å². The molecular weight excluding hydrogens is 568 g/mol. The lowest BCUT2D eigenvalue weighted by Gasteiger charge is -2.50. The molecule has 5 atom stereocenters. The largest absolute Gasteiger partial charge is 0.508 e. The maximum absolute atomic E-state index is 11.9. The van der Waals surface area contributed by atoms with Gasteiger partial charge in [-0.1, -0.05) is 6.07 Å². The monoisotopic (exact) mass is 592 g/mol. The molecule has 13 heteroatoms. The third-order valence-corrected chi connectivity index (χ3v) is 8.12. The lowest BCUT2D eigenvalue weighted by molar-refractivity contribution is -0.219. The Morgan fingerprint density at radius 3 is 2.00 bits per heavy atom. The van der Waals surface area contributed by atoms with E-state index in [1.807, 2.05) is 0 Å². The van der Waals surface area contributed by atoms with Crippen molar-refractivity contribution in [2.24, 2.45) is 0 Å². The van der Waals surface area contributed by atoms with Crippen LogP contribution < -0.4 is 14.2 Å². The minimum absolute atomic E-state index is 0.00718. The molecule has 0 unspecified atom stereocenters. The minimum Gasteiger partial charge on any atom is -0.508 e. The van der Waals surface area contributed by atoms with E-state index in [4.69, 9.17) is 14.2 Å². The highest BCUT2D eigenvalue weighted by atomic mass is 16.7. The van der Waals surface area contributed by atoms with Crippen LogP contribution in [0.2, 0.25) is 0 Å². The Kier molecular flexibility index (Phi) is 5.42. The van der Waals surface area contributed by atoms with E-state index in [-0.39, 0.29) is 63.0 Å². The molecule has 3 aliphatic rings. The zero-order chi connectivity index (χ0) is 30.5. The van der Waals surface area contributed by atoms with Gasteiger partial charge in [-0.25, -0.2) is 0 Å². The number of aromatic hydroxyl groups is 8. The topological polar surface area (TPSA) is 230 Å². The standard InChI is InChI=1S/C30H24O13/c31-12-6-17(35)23-21(7-12)42-30(11-4-18(36)26(39)19(37)5-11)29(40)25(23)24-22(43-30)9-15(33)13-8-20(38)27(41-28(13)24)10-1-2-14(32)16(34)3-10/h1-7,9,20,25,27,29,31-40H,8H2/t20-,25-,27-,29-,30+/m1/s1. The number of phenols is 8. The highest BCUT2D eigenvalue weighted by Gasteiger charge is 2.60. The second-order valence-electron chi connectivity index (χ2n) is 10.7. The predicted octanol–water partition coefficient (Wildman–Crippen LogP) is 2.50. The van der Waals surface area contributed by atoms with Crippen LogP contribution in [0.5, 0.6) is 63.2 Å². The van der Waals surface area contributed by atoms with E-state index in [0.29, 0.717) is 0 Å². The molecule has 13 nitrogen and oxygen atoms in total. The van der Waals surface area contributed by atoms with Gasteiger partial charge in [0.2, 0.25) is 0 Å². The molecule has 0 saturated carbocycles. The first-order chi connectivity index (χ1) is 20.4. The van der Waals surface area contributed by atoms with Gasteiger partial charge in [-0.2, -0.15) is 0 Å². The first kappa shape index (κ1) is 26.5. The summed E-state index contributed by atoms with van der Waals surface area (Å²) < 4.78 is 18.5. The summed E-state index contributed by atoms with van der Waals surface area (Å²) in [5.41, 5.74) is 0.419. The van der Waals surface area contributed by atoms with Gasteiger partial charge >= 0.3 is 5.79 Å². The number of hydrogen-bond acceptors (Lipinski definition) is 13. The molecule has 7 rings (SSSR count). The van der Waals surface area contributed by atoms with Crippen LogP contribution in [-0.2, 0) is 12.2 Å². The third-order valence-electron chi connectivity index (χ3n) is 8.12. The van der Waals surface area contributed by atoms with E-state index in [0.717, 1.165) is 24.3 Å². The smallest absolute Gasteiger partial charge is 0.305 e. The van der Waals surface area contributed by atoms with Crippen LogP contribution in [0.1, 0.15) is 39.8 Å². The van der Waals surface area contributed by atoms with Crippen molar-refractivity contribution in [3.8, 4) is 63.2 Å². The number of fused-ring (bicyclic) bond motifs is 8. The lowest BCUT2D eigenvalue weighted by Crippen LogP contribution is -2.57. The summed E-state index contributed by atoms with van der Waals surface area (Å²) >= 11 is 0. The van der Waals surface area contributed by atoms with Crippen molar-refractivity contribution < 1.29 is 65.3 Å². The second-order valence-corrected chi connectivity index (χ2v) is 10.7. The Morgan fingerprint density at radius 1 is 0.651 bits per heavy atom. The second kappa shape index (κ2) is 8.80. The van der Waals surface area contributed by atoms with E-state index in [1.165, 1.54) is 24.3 Å². The van der Waals surface area contributed by atoms with E-state index < -0.39 is 64.5 Å². The Bertz CT molecular complexity index is 1810. The molecule has 4 aromatic rings. The van der Waals surface area contributed by atoms with Crippen molar-refractivity contribution in [3.63, 3.8) is 0 Å². The van der Waals surface area contributed by atoms with Crippen molar-refractivity contribution in [2.45, 2.75) is 36.4 Å². The quantitative estimate of drug-likeness (QED) is 0.151. The van der Waals surface area contributed by atoms with Crippen LogP contribution in [0.15, 0.2) is 48.5 Å².